The molecule has 0 bridgehead atoms. The first-order chi connectivity index (χ1) is 14.7. The number of carbonyl (C=O) groups is 1. The monoisotopic (exact) mass is 426 g/mol. The highest BCUT2D eigenvalue weighted by molar-refractivity contribution is 5.87. The van der Waals surface area contributed by atoms with E-state index in [1.54, 1.807) is 36.4 Å². The van der Waals surface area contributed by atoms with E-state index in [-0.39, 0.29) is 30.1 Å². The second-order valence-electron chi connectivity index (χ2n) is 7.58. The van der Waals surface area contributed by atoms with Gasteiger partial charge in [-0.05, 0) is 35.9 Å². The Morgan fingerprint density at radius 2 is 1.84 bits per heavy atom. The fraction of sp³-hybridized carbons (Fsp3) is 0.227. The van der Waals surface area contributed by atoms with Gasteiger partial charge in [0.2, 0.25) is 0 Å². The third-order valence-corrected chi connectivity index (χ3v) is 5.36. The number of hydrogen-bond acceptors (Lipinski definition) is 6. The number of halogens is 2. The number of carboxylic acid groups (broad SMARTS) is 1. The van der Waals surface area contributed by atoms with Crippen LogP contribution in [0.2, 0.25) is 0 Å². The van der Waals surface area contributed by atoms with Crippen molar-refractivity contribution in [2.24, 2.45) is 0 Å². The van der Waals surface area contributed by atoms with Crippen LogP contribution in [-0.4, -0.2) is 45.4 Å². The van der Waals surface area contributed by atoms with Crippen LogP contribution in [0.4, 0.5) is 20.3 Å². The Bertz CT molecular complexity index is 1120. The van der Waals surface area contributed by atoms with Gasteiger partial charge < -0.3 is 20.8 Å². The number of nitrogens with two attached hydrogens (primary N) is 1. The molecule has 0 spiro atoms. The molecule has 31 heavy (non-hydrogen) atoms. The number of hydrogen-bond donors (Lipinski definition) is 3. The third kappa shape index (κ3) is 4.25. The molecule has 7 nitrogen and oxygen atoms in total. The summed E-state index contributed by atoms with van der Waals surface area (Å²) in [6, 6.07) is 14.0. The van der Waals surface area contributed by atoms with Crippen LogP contribution in [-0.2, 0) is 0 Å². The fourth-order valence-electron chi connectivity index (χ4n) is 3.87. The number of phenols is 1. The minimum atomic E-state index is -2.99. The summed E-state index contributed by atoms with van der Waals surface area (Å²) in [7, 11) is 0. The summed E-state index contributed by atoms with van der Waals surface area (Å²) >= 11 is 0. The smallest absolute Gasteiger partial charge is 0.335 e. The molecule has 160 valence electrons. The lowest BCUT2D eigenvalue weighted by molar-refractivity contribution is -0.0182. The number of carboxylic acids is 1. The first-order valence-corrected chi connectivity index (χ1v) is 9.61. The van der Waals surface area contributed by atoms with Crippen molar-refractivity contribution in [3.8, 4) is 17.0 Å². The molecule has 2 aromatic carbocycles. The van der Waals surface area contributed by atoms with E-state index < -0.39 is 24.4 Å². The lowest BCUT2D eigenvalue weighted by Crippen LogP contribution is -2.46. The van der Waals surface area contributed by atoms with Crippen molar-refractivity contribution in [2.45, 2.75) is 18.3 Å². The number of aromatic nitrogens is 2. The number of nitrogen functional groups attached to an aromatic ring is 1. The number of aromatic hydroxyl groups is 1. The van der Waals surface area contributed by atoms with Crippen molar-refractivity contribution in [3.63, 3.8) is 0 Å². The maximum atomic E-state index is 14.7. The molecule has 1 aromatic heterocycles. The number of aromatic carboxylic acids is 1. The summed E-state index contributed by atoms with van der Waals surface area (Å²) in [6.07, 6.45) is -0.360. The van der Waals surface area contributed by atoms with E-state index in [1.165, 1.54) is 23.1 Å². The maximum Gasteiger partial charge on any atom is 0.335 e. The van der Waals surface area contributed by atoms with Gasteiger partial charge in [0.1, 0.15) is 5.75 Å². The number of para-hydroxylation sites is 1. The summed E-state index contributed by atoms with van der Waals surface area (Å²) in [6.45, 7) is -0.287. The minimum absolute atomic E-state index is 0.00658. The Morgan fingerprint density at radius 3 is 2.52 bits per heavy atom. The molecular weight excluding hydrogens is 406 g/mol. The van der Waals surface area contributed by atoms with Crippen molar-refractivity contribution >= 4 is 17.5 Å². The van der Waals surface area contributed by atoms with E-state index in [0.29, 0.717) is 22.5 Å². The van der Waals surface area contributed by atoms with Crippen LogP contribution in [0.15, 0.2) is 54.6 Å². The number of nitrogens with zero attached hydrogens (tertiary/aromatic N) is 3. The van der Waals surface area contributed by atoms with Gasteiger partial charge >= 0.3 is 5.97 Å². The zero-order chi connectivity index (χ0) is 22.2. The molecule has 1 fully saturated rings. The SMILES string of the molecule is Nc1nnc(-c2ccccc2O)cc1N1CC(c2ccc(C(=O)O)cc2)CC(F)(F)C1. The van der Waals surface area contributed by atoms with Gasteiger partial charge in [0, 0.05) is 24.4 Å². The Morgan fingerprint density at radius 1 is 1.13 bits per heavy atom. The van der Waals surface area contributed by atoms with Crippen molar-refractivity contribution in [1.82, 2.24) is 10.2 Å². The number of anilines is 2. The van der Waals surface area contributed by atoms with Gasteiger partial charge in [0.25, 0.3) is 5.92 Å². The van der Waals surface area contributed by atoms with Crippen LogP contribution in [0.5, 0.6) is 5.75 Å². The predicted molar refractivity (Wildman–Crippen MR) is 111 cm³/mol. The number of phenolic OH excluding ortho intramolecular Hbond substituents is 1. The van der Waals surface area contributed by atoms with Crippen LogP contribution in [0.3, 0.4) is 0 Å². The fourth-order valence-corrected chi connectivity index (χ4v) is 3.87. The largest absolute Gasteiger partial charge is 0.507 e. The second-order valence-corrected chi connectivity index (χ2v) is 7.58. The van der Waals surface area contributed by atoms with Gasteiger partial charge in [-0.25, -0.2) is 13.6 Å². The van der Waals surface area contributed by atoms with E-state index in [9.17, 15) is 18.7 Å². The van der Waals surface area contributed by atoms with E-state index in [4.69, 9.17) is 10.8 Å². The molecule has 1 aliphatic rings. The second kappa shape index (κ2) is 7.82. The van der Waals surface area contributed by atoms with Crippen LogP contribution in [0.25, 0.3) is 11.3 Å². The lowest BCUT2D eigenvalue weighted by Gasteiger charge is -2.39. The van der Waals surface area contributed by atoms with Gasteiger partial charge in [-0.3, -0.25) is 0 Å². The highest BCUT2D eigenvalue weighted by Crippen LogP contribution is 2.40. The predicted octanol–water partition coefficient (Wildman–Crippen LogP) is 3.76. The summed E-state index contributed by atoms with van der Waals surface area (Å²) in [4.78, 5) is 12.5. The normalized spacial score (nSPS) is 18.0. The summed E-state index contributed by atoms with van der Waals surface area (Å²) in [5, 5.41) is 27.1. The molecule has 9 heteroatoms. The summed E-state index contributed by atoms with van der Waals surface area (Å²) in [5.74, 6) is -4.59. The Balaban J connectivity index is 1.68. The standard InChI is InChI=1S/C22H20F2N4O3/c23-22(24)10-15(13-5-7-14(8-6-13)21(30)31)11-28(12-22)18-9-17(26-27-20(18)25)16-3-1-2-4-19(16)29/h1-9,15,29H,10-12H2,(H2,25,27)(H,30,31). The van der Waals surface area contributed by atoms with Gasteiger partial charge in [-0.2, -0.15) is 0 Å². The minimum Gasteiger partial charge on any atom is -0.507 e. The molecule has 0 aliphatic carbocycles. The molecule has 2 heterocycles. The Hall–Kier alpha value is -3.75. The Labute approximate surface area is 176 Å². The molecule has 1 saturated heterocycles. The first-order valence-electron chi connectivity index (χ1n) is 9.61. The van der Waals surface area contributed by atoms with Crippen molar-refractivity contribution in [3.05, 3.63) is 65.7 Å². The van der Waals surface area contributed by atoms with E-state index in [0.717, 1.165) is 0 Å². The van der Waals surface area contributed by atoms with Crippen LogP contribution >= 0.6 is 0 Å². The molecule has 0 radical (unpaired) electrons. The van der Waals surface area contributed by atoms with Crippen molar-refractivity contribution in [1.29, 1.82) is 0 Å². The molecular formula is C22H20F2N4O3. The lowest BCUT2D eigenvalue weighted by atomic mass is 9.88. The highest BCUT2D eigenvalue weighted by Gasteiger charge is 2.41. The summed E-state index contributed by atoms with van der Waals surface area (Å²) in [5.41, 5.74) is 7.73. The molecule has 4 rings (SSSR count). The number of alkyl halides is 2. The van der Waals surface area contributed by atoms with E-state index in [1.807, 2.05) is 0 Å². The molecule has 1 aliphatic heterocycles. The molecule has 3 aromatic rings. The molecule has 4 N–H and O–H groups in total. The number of rotatable bonds is 4. The topological polar surface area (TPSA) is 113 Å². The zero-order valence-corrected chi connectivity index (χ0v) is 16.4. The highest BCUT2D eigenvalue weighted by atomic mass is 19.3. The average Bonchev–Trinajstić information content (AvgIpc) is 2.73. The Kier molecular flexibility index (Phi) is 5.18. The molecule has 1 unspecified atom stereocenters. The van der Waals surface area contributed by atoms with Gasteiger partial charge in [0.15, 0.2) is 5.82 Å². The third-order valence-electron chi connectivity index (χ3n) is 5.36. The van der Waals surface area contributed by atoms with E-state index >= 15 is 0 Å². The zero-order valence-electron chi connectivity index (χ0n) is 16.4. The van der Waals surface area contributed by atoms with Crippen molar-refractivity contribution < 1.29 is 23.8 Å². The van der Waals surface area contributed by atoms with Crippen LogP contribution < -0.4 is 10.6 Å². The first kappa shape index (κ1) is 20.5. The van der Waals surface area contributed by atoms with Gasteiger partial charge in [-0.1, -0.05) is 24.3 Å². The maximum absolute atomic E-state index is 14.7. The number of benzene rings is 2. The quantitative estimate of drug-likeness (QED) is 0.582. The molecule has 0 saturated carbocycles. The molecule has 0 amide bonds. The van der Waals surface area contributed by atoms with Gasteiger partial charge in [0.05, 0.1) is 23.5 Å². The van der Waals surface area contributed by atoms with Crippen molar-refractivity contribution in [2.75, 3.05) is 23.7 Å². The summed E-state index contributed by atoms with van der Waals surface area (Å²) < 4.78 is 29.3. The van der Waals surface area contributed by atoms with Gasteiger partial charge in [-0.15, -0.1) is 10.2 Å². The number of piperidine rings is 1. The van der Waals surface area contributed by atoms with E-state index in [2.05, 4.69) is 10.2 Å². The average molecular weight is 426 g/mol. The molecule has 1 atom stereocenters. The van der Waals surface area contributed by atoms with Crippen LogP contribution in [0.1, 0.15) is 28.3 Å². The van der Waals surface area contributed by atoms with Crippen LogP contribution in [0, 0.1) is 0 Å².